The lowest BCUT2D eigenvalue weighted by molar-refractivity contribution is -0.110. The first-order valence-corrected chi connectivity index (χ1v) is 3.96. The van der Waals surface area contributed by atoms with Crippen molar-refractivity contribution in [2.45, 2.75) is 25.5 Å². The maximum atomic E-state index is 10.5. The number of hydrogen-bond acceptors (Lipinski definition) is 3. The number of hydrogen-bond donors (Lipinski definition) is 1. The van der Waals surface area contributed by atoms with Crippen LogP contribution >= 0.6 is 12.2 Å². The van der Waals surface area contributed by atoms with Crippen LogP contribution in [-0.2, 0) is 4.79 Å². The van der Waals surface area contributed by atoms with E-state index in [2.05, 4.69) is 0 Å². The number of nitrogens with zero attached hydrogens (tertiary/aromatic N) is 1. The number of aliphatic hydroxyl groups excluding tert-OH is 1. The number of β-amino-alcohol motifs (C(OH)–C–C–N with tert-alkyl or cyclic N) is 1. The van der Waals surface area contributed by atoms with Gasteiger partial charge in [0.25, 0.3) is 0 Å². The highest BCUT2D eigenvalue weighted by Crippen LogP contribution is 2.16. The van der Waals surface area contributed by atoms with Crippen molar-refractivity contribution >= 4 is 23.5 Å². The molecule has 1 fully saturated rings. The molecule has 0 radical (unpaired) electrons. The molecule has 2 unspecified atom stereocenters. The van der Waals surface area contributed by atoms with Gasteiger partial charge in [-0.2, -0.15) is 0 Å². The van der Waals surface area contributed by atoms with Gasteiger partial charge >= 0.3 is 0 Å². The predicted octanol–water partition coefficient (Wildman–Crippen LogP) is -0.0322. The second-order valence-corrected chi connectivity index (χ2v) is 3.36. The van der Waals surface area contributed by atoms with Crippen molar-refractivity contribution in [3.05, 3.63) is 0 Å². The van der Waals surface area contributed by atoms with E-state index in [4.69, 9.17) is 12.2 Å². The van der Waals surface area contributed by atoms with E-state index in [1.54, 1.807) is 11.8 Å². The van der Waals surface area contributed by atoms with Crippen LogP contribution in [0.15, 0.2) is 0 Å². The zero-order chi connectivity index (χ0) is 8.43. The summed E-state index contributed by atoms with van der Waals surface area (Å²) in [4.78, 5) is 12.9. The van der Waals surface area contributed by atoms with Crippen molar-refractivity contribution in [2.24, 2.45) is 0 Å². The molecule has 0 aromatic rings. The van der Waals surface area contributed by atoms with E-state index in [0.717, 1.165) is 6.29 Å². The summed E-state index contributed by atoms with van der Waals surface area (Å²) in [5.41, 5.74) is 0. The Labute approximate surface area is 71.0 Å². The Balaban J connectivity index is 2.64. The van der Waals surface area contributed by atoms with Crippen LogP contribution in [0.5, 0.6) is 0 Å². The highest BCUT2D eigenvalue weighted by Gasteiger charge is 2.30. The first kappa shape index (κ1) is 8.62. The lowest BCUT2D eigenvalue weighted by atomic mass is 10.2. The Kier molecular flexibility index (Phi) is 2.57. The first-order chi connectivity index (χ1) is 5.15. The molecule has 0 amide bonds. The van der Waals surface area contributed by atoms with Crippen LogP contribution < -0.4 is 0 Å². The summed E-state index contributed by atoms with van der Waals surface area (Å²) in [6, 6.07) is -0.206. The lowest BCUT2D eigenvalue weighted by Gasteiger charge is -2.19. The highest BCUT2D eigenvalue weighted by molar-refractivity contribution is 7.80. The molecule has 1 saturated heterocycles. The summed E-state index contributed by atoms with van der Waals surface area (Å²) < 4.78 is 0. The molecule has 0 aromatic heterocycles. The van der Waals surface area contributed by atoms with Gasteiger partial charge < -0.3 is 14.8 Å². The number of aliphatic hydroxyl groups is 1. The fraction of sp³-hybridized carbons (Fsp3) is 0.714. The molecule has 1 N–H and O–H groups in total. The van der Waals surface area contributed by atoms with Crippen LogP contribution in [0.25, 0.3) is 0 Å². The topological polar surface area (TPSA) is 40.5 Å². The molecule has 3 nitrogen and oxygen atoms in total. The van der Waals surface area contributed by atoms with Crippen LogP contribution in [0.1, 0.15) is 13.3 Å². The first-order valence-electron chi connectivity index (χ1n) is 3.55. The van der Waals surface area contributed by atoms with Crippen molar-refractivity contribution in [1.82, 2.24) is 4.90 Å². The van der Waals surface area contributed by atoms with Crippen LogP contribution in [0, 0.1) is 0 Å². The molecular weight excluding hydrogens is 162 g/mol. The standard InChI is InChI=1S/C7H11NO2S/c1-5(11)8-3-7(10)2-6(8)4-9/h4,6-7,10H,2-3H2,1H3. The fourth-order valence-corrected chi connectivity index (χ4v) is 1.54. The number of carbonyl (C=O) groups is 1. The smallest absolute Gasteiger partial charge is 0.142 e. The van der Waals surface area contributed by atoms with Crippen molar-refractivity contribution in [1.29, 1.82) is 0 Å². The predicted molar refractivity (Wildman–Crippen MR) is 45.5 cm³/mol. The molecule has 0 saturated carbocycles. The molecule has 0 aromatic carbocycles. The van der Waals surface area contributed by atoms with Crippen molar-refractivity contribution in [2.75, 3.05) is 6.54 Å². The SMILES string of the molecule is CC(=S)N1CC(O)CC1C=O. The summed E-state index contributed by atoms with van der Waals surface area (Å²) >= 11 is 4.91. The van der Waals surface area contributed by atoms with E-state index in [9.17, 15) is 9.90 Å². The zero-order valence-corrected chi connectivity index (χ0v) is 7.17. The van der Waals surface area contributed by atoms with Crippen LogP contribution in [-0.4, -0.2) is 40.0 Å². The Morgan fingerprint density at radius 2 is 2.45 bits per heavy atom. The van der Waals surface area contributed by atoms with Crippen LogP contribution in [0.4, 0.5) is 0 Å². The molecule has 1 aliphatic rings. The molecule has 0 spiro atoms. The number of thiocarbonyl (C=S) groups is 1. The minimum absolute atomic E-state index is 0.206. The number of carbonyl (C=O) groups excluding carboxylic acids is 1. The van der Waals surface area contributed by atoms with Crippen LogP contribution in [0.2, 0.25) is 0 Å². The summed E-state index contributed by atoms with van der Waals surface area (Å²) in [6.07, 6.45) is 0.951. The molecule has 2 atom stereocenters. The average Bonchev–Trinajstić information content (AvgIpc) is 2.30. The third-order valence-corrected chi connectivity index (χ3v) is 2.12. The van der Waals surface area contributed by atoms with Gasteiger partial charge in [-0.05, 0) is 6.92 Å². The van der Waals surface area contributed by atoms with Gasteiger partial charge in [0.2, 0.25) is 0 Å². The normalized spacial score (nSPS) is 30.5. The number of rotatable bonds is 1. The van der Waals surface area contributed by atoms with Gasteiger partial charge in [0, 0.05) is 13.0 Å². The molecule has 4 heteroatoms. The van der Waals surface area contributed by atoms with Gasteiger partial charge in [0.15, 0.2) is 0 Å². The summed E-state index contributed by atoms with van der Waals surface area (Å²) in [5.74, 6) is 0. The second kappa shape index (κ2) is 3.28. The zero-order valence-electron chi connectivity index (χ0n) is 6.36. The quantitative estimate of drug-likeness (QED) is 0.446. The average molecular weight is 173 g/mol. The summed E-state index contributed by atoms with van der Waals surface area (Å²) in [5, 5.41) is 9.19. The van der Waals surface area contributed by atoms with Crippen molar-refractivity contribution in [3.8, 4) is 0 Å². The molecule has 0 aliphatic carbocycles. The minimum Gasteiger partial charge on any atom is -0.391 e. The monoisotopic (exact) mass is 173 g/mol. The van der Waals surface area contributed by atoms with E-state index < -0.39 is 6.10 Å². The number of likely N-dealkylation sites (tertiary alicyclic amines) is 1. The lowest BCUT2D eigenvalue weighted by Crippen LogP contribution is -2.33. The summed E-state index contributed by atoms with van der Waals surface area (Å²) in [6.45, 7) is 2.27. The second-order valence-electron chi connectivity index (χ2n) is 2.76. The molecule has 1 rings (SSSR count). The van der Waals surface area contributed by atoms with E-state index in [-0.39, 0.29) is 6.04 Å². The van der Waals surface area contributed by atoms with Gasteiger partial charge in [-0.15, -0.1) is 0 Å². The third-order valence-electron chi connectivity index (χ3n) is 1.88. The van der Waals surface area contributed by atoms with E-state index in [1.807, 2.05) is 0 Å². The van der Waals surface area contributed by atoms with E-state index in [1.165, 1.54) is 0 Å². The molecule has 0 bridgehead atoms. The van der Waals surface area contributed by atoms with Gasteiger partial charge in [-0.1, -0.05) is 12.2 Å². The van der Waals surface area contributed by atoms with E-state index in [0.29, 0.717) is 18.0 Å². The minimum atomic E-state index is -0.400. The fourth-order valence-electron chi connectivity index (χ4n) is 1.33. The van der Waals surface area contributed by atoms with E-state index >= 15 is 0 Å². The largest absolute Gasteiger partial charge is 0.391 e. The van der Waals surface area contributed by atoms with Crippen LogP contribution in [0.3, 0.4) is 0 Å². The molecular formula is C7H11NO2S. The summed E-state index contributed by atoms with van der Waals surface area (Å²) in [7, 11) is 0. The molecule has 1 aliphatic heterocycles. The maximum absolute atomic E-state index is 10.5. The maximum Gasteiger partial charge on any atom is 0.142 e. The number of aldehydes is 1. The van der Waals surface area contributed by atoms with Gasteiger partial charge in [-0.25, -0.2) is 0 Å². The van der Waals surface area contributed by atoms with Gasteiger partial charge in [0.1, 0.15) is 6.29 Å². The molecule has 62 valence electrons. The van der Waals surface area contributed by atoms with Crippen molar-refractivity contribution < 1.29 is 9.90 Å². The van der Waals surface area contributed by atoms with Crippen molar-refractivity contribution in [3.63, 3.8) is 0 Å². The van der Waals surface area contributed by atoms with Gasteiger partial charge in [0.05, 0.1) is 17.1 Å². The Morgan fingerprint density at radius 1 is 1.82 bits per heavy atom. The Bertz CT molecular complexity index is 183. The Morgan fingerprint density at radius 3 is 2.82 bits per heavy atom. The van der Waals surface area contributed by atoms with Gasteiger partial charge in [-0.3, -0.25) is 0 Å². The third kappa shape index (κ3) is 1.75. The highest BCUT2D eigenvalue weighted by atomic mass is 32.1. The molecule has 1 heterocycles. The molecule has 11 heavy (non-hydrogen) atoms. The Hall–Kier alpha value is -0.480.